The molecule has 154 valence electrons. The molecule has 0 fully saturated rings. The fourth-order valence-corrected chi connectivity index (χ4v) is 3.14. The molecule has 1 amide bonds. The first-order valence-corrected chi connectivity index (χ1v) is 9.98. The van der Waals surface area contributed by atoms with Crippen LogP contribution in [-0.4, -0.2) is 33.9 Å². The molecule has 29 heavy (non-hydrogen) atoms. The maximum absolute atomic E-state index is 12.8. The van der Waals surface area contributed by atoms with Gasteiger partial charge in [0.2, 0.25) is 0 Å². The standard InChI is InChI=1S/C22H28N4O3/c1-6-28-19-9-8-16(11-20(19)29-7-2)15(5)25-22(27)18-10-17-13-24-26(14(3)4)21(17)23-12-18/h8-15H,6-7H2,1-5H3,(H,25,27). The molecule has 0 saturated heterocycles. The molecule has 0 bridgehead atoms. The fraction of sp³-hybridized carbons (Fsp3) is 0.409. The summed E-state index contributed by atoms with van der Waals surface area (Å²) in [6, 6.07) is 7.55. The lowest BCUT2D eigenvalue weighted by atomic mass is 10.1. The predicted molar refractivity (Wildman–Crippen MR) is 113 cm³/mol. The molecular formula is C22H28N4O3. The molecule has 2 heterocycles. The minimum Gasteiger partial charge on any atom is -0.490 e. The molecule has 0 aliphatic rings. The van der Waals surface area contributed by atoms with Gasteiger partial charge in [-0.25, -0.2) is 9.67 Å². The van der Waals surface area contributed by atoms with Gasteiger partial charge in [-0.1, -0.05) is 6.07 Å². The van der Waals surface area contributed by atoms with Gasteiger partial charge in [-0.15, -0.1) is 0 Å². The Morgan fingerprint density at radius 2 is 1.79 bits per heavy atom. The minimum atomic E-state index is -0.202. The summed E-state index contributed by atoms with van der Waals surface area (Å²) in [6.07, 6.45) is 3.33. The molecule has 1 aromatic carbocycles. The third-order valence-corrected chi connectivity index (χ3v) is 4.60. The molecule has 0 radical (unpaired) electrons. The molecule has 2 aromatic heterocycles. The normalized spacial score (nSPS) is 12.2. The van der Waals surface area contributed by atoms with Crippen LogP contribution in [0, 0.1) is 0 Å². The Kier molecular flexibility index (Phi) is 6.36. The van der Waals surface area contributed by atoms with Crippen molar-refractivity contribution in [2.45, 2.75) is 46.7 Å². The van der Waals surface area contributed by atoms with Gasteiger partial charge in [0.05, 0.1) is 31.0 Å². The molecule has 0 aliphatic heterocycles. The van der Waals surface area contributed by atoms with Crippen LogP contribution in [0.2, 0.25) is 0 Å². The highest BCUT2D eigenvalue weighted by Gasteiger charge is 2.16. The number of nitrogens with zero attached hydrogens (tertiary/aromatic N) is 3. The van der Waals surface area contributed by atoms with Gasteiger partial charge in [-0.2, -0.15) is 5.10 Å². The monoisotopic (exact) mass is 396 g/mol. The highest BCUT2D eigenvalue weighted by molar-refractivity contribution is 5.97. The molecule has 3 rings (SSSR count). The second-order valence-electron chi connectivity index (χ2n) is 7.09. The van der Waals surface area contributed by atoms with Crippen molar-refractivity contribution in [2.75, 3.05) is 13.2 Å². The van der Waals surface area contributed by atoms with Gasteiger partial charge in [0.25, 0.3) is 5.91 Å². The smallest absolute Gasteiger partial charge is 0.253 e. The van der Waals surface area contributed by atoms with Gasteiger partial charge in [0.1, 0.15) is 0 Å². The summed E-state index contributed by atoms with van der Waals surface area (Å²) < 4.78 is 13.1. The van der Waals surface area contributed by atoms with Crippen LogP contribution in [0.25, 0.3) is 11.0 Å². The first-order chi connectivity index (χ1) is 13.9. The van der Waals surface area contributed by atoms with Crippen LogP contribution in [-0.2, 0) is 0 Å². The third-order valence-electron chi connectivity index (χ3n) is 4.60. The first-order valence-electron chi connectivity index (χ1n) is 9.98. The van der Waals surface area contributed by atoms with E-state index in [0.717, 1.165) is 16.6 Å². The number of fused-ring (bicyclic) bond motifs is 1. The summed E-state index contributed by atoms with van der Waals surface area (Å²) in [5.41, 5.74) is 2.22. The Morgan fingerprint density at radius 3 is 2.48 bits per heavy atom. The van der Waals surface area contributed by atoms with E-state index in [4.69, 9.17) is 9.47 Å². The van der Waals surface area contributed by atoms with E-state index in [1.54, 1.807) is 12.4 Å². The summed E-state index contributed by atoms with van der Waals surface area (Å²) in [5.74, 6) is 1.20. The van der Waals surface area contributed by atoms with E-state index in [1.165, 1.54) is 0 Å². The van der Waals surface area contributed by atoms with Crippen molar-refractivity contribution < 1.29 is 14.3 Å². The molecular weight excluding hydrogens is 368 g/mol. The molecule has 7 heteroatoms. The predicted octanol–water partition coefficient (Wildman–Crippen LogP) is 4.30. The highest BCUT2D eigenvalue weighted by Crippen LogP contribution is 2.31. The van der Waals surface area contributed by atoms with E-state index in [0.29, 0.717) is 30.3 Å². The maximum atomic E-state index is 12.8. The molecule has 1 unspecified atom stereocenters. The van der Waals surface area contributed by atoms with Gasteiger partial charge in [-0.3, -0.25) is 4.79 Å². The van der Waals surface area contributed by atoms with Crippen molar-refractivity contribution in [3.63, 3.8) is 0 Å². The van der Waals surface area contributed by atoms with Crippen molar-refractivity contribution in [1.29, 1.82) is 0 Å². The van der Waals surface area contributed by atoms with Gasteiger partial charge in [-0.05, 0) is 58.4 Å². The summed E-state index contributed by atoms with van der Waals surface area (Å²) in [5, 5.41) is 8.22. The number of carbonyl (C=O) groups is 1. The van der Waals surface area contributed by atoms with Crippen molar-refractivity contribution in [3.05, 3.63) is 47.8 Å². The Balaban J connectivity index is 1.78. The molecule has 7 nitrogen and oxygen atoms in total. The van der Waals surface area contributed by atoms with E-state index in [1.807, 2.05) is 63.6 Å². The zero-order valence-electron chi connectivity index (χ0n) is 17.6. The number of rotatable bonds is 8. The van der Waals surface area contributed by atoms with Crippen LogP contribution in [0.4, 0.5) is 0 Å². The minimum absolute atomic E-state index is 0.184. The van der Waals surface area contributed by atoms with E-state index in [2.05, 4.69) is 15.4 Å². The lowest BCUT2D eigenvalue weighted by molar-refractivity contribution is 0.0939. The molecule has 3 aromatic rings. The number of nitrogens with one attached hydrogen (secondary N) is 1. The molecule has 0 saturated carbocycles. The summed E-state index contributed by atoms with van der Waals surface area (Å²) >= 11 is 0. The van der Waals surface area contributed by atoms with Gasteiger partial charge >= 0.3 is 0 Å². The quantitative estimate of drug-likeness (QED) is 0.614. The third kappa shape index (κ3) is 4.50. The molecule has 0 spiro atoms. The largest absolute Gasteiger partial charge is 0.490 e. The van der Waals surface area contributed by atoms with Crippen LogP contribution in [0.15, 0.2) is 36.7 Å². The number of carbonyl (C=O) groups excluding carboxylic acids is 1. The topological polar surface area (TPSA) is 78.3 Å². The van der Waals surface area contributed by atoms with Crippen molar-refractivity contribution >= 4 is 16.9 Å². The van der Waals surface area contributed by atoms with E-state index in [-0.39, 0.29) is 18.0 Å². The lowest BCUT2D eigenvalue weighted by Gasteiger charge is -2.17. The second kappa shape index (κ2) is 8.94. The van der Waals surface area contributed by atoms with E-state index < -0.39 is 0 Å². The second-order valence-corrected chi connectivity index (χ2v) is 7.09. The van der Waals surface area contributed by atoms with Gasteiger partial charge < -0.3 is 14.8 Å². The van der Waals surface area contributed by atoms with Crippen LogP contribution >= 0.6 is 0 Å². The average molecular weight is 396 g/mol. The SMILES string of the molecule is CCOc1ccc(C(C)NC(=O)c2cnc3c(cnn3C(C)C)c2)cc1OCC. The van der Waals surface area contributed by atoms with Gasteiger partial charge in [0.15, 0.2) is 17.1 Å². The summed E-state index contributed by atoms with van der Waals surface area (Å²) in [4.78, 5) is 17.2. The number of aromatic nitrogens is 3. The number of ether oxygens (including phenoxy) is 2. The zero-order chi connectivity index (χ0) is 21.0. The lowest BCUT2D eigenvalue weighted by Crippen LogP contribution is -2.26. The zero-order valence-corrected chi connectivity index (χ0v) is 17.6. The Morgan fingerprint density at radius 1 is 1.07 bits per heavy atom. The number of hydrogen-bond donors (Lipinski definition) is 1. The van der Waals surface area contributed by atoms with Crippen molar-refractivity contribution in [1.82, 2.24) is 20.1 Å². The highest BCUT2D eigenvalue weighted by atomic mass is 16.5. The molecule has 0 aliphatic carbocycles. The first kappa shape index (κ1) is 20.6. The number of amides is 1. The van der Waals surface area contributed by atoms with Crippen LogP contribution in [0.1, 0.15) is 62.6 Å². The van der Waals surface area contributed by atoms with E-state index in [9.17, 15) is 4.79 Å². The molecule has 1 N–H and O–H groups in total. The average Bonchev–Trinajstić information content (AvgIpc) is 3.13. The Hall–Kier alpha value is -3.09. The summed E-state index contributed by atoms with van der Waals surface area (Å²) in [7, 11) is 0. The summed E-state index contributed by atoms with van der Waals surface area (Å²) in [6.45, 7) is 11.0. The van der Waals surface area contributed by atoms with Crippen LogP contribution in [0.5, 0.6) is 11.5 Å². The Bertz CT molecular complexity index is 997. The van der Waals surface area contributed by atoms with Crippen LogP contribution < -0.4 is 14.8 Å². The molecule has 1 atom stereocenters. The van der Waals surface area contributed by atoms with Gasteiger partial charge in [0, 0.05) is 17.6 Å². The number of benzene rings is 1. The van der Waals surface area contributed by atoms with Crippen LogP contribution in [0.3, 0.4) is 0 Å². The maximum Gasteiger partial charge on any atom is 0.253 e. The number of pyridine rings is 1. The Labute approximate surface area is 171 Å². The fourth-order valence-electron chi connectivity index (χ4n) is 3.14. The van der Waals surface area contributed by atoms with E-state index >= 15 is 0 Å². The number of hydrogen-bond acceptors (Lipinski definition) is 5. The van der Waals surface area contributed by atoms with Crippen molar-refractivity contribution in [3.8, 4) is 11.5 Å². The van der Waals surface area contributed by atoms with Crippen molar-refractivity contribution in [2.24, 2.45) is 0 Å².